The molecule has 0 bridgehead atoms. The number of nitrogens with zero attached hydrogens (tertiary/aromatic N) is 2. The smallest absolute Gasteiger partial charge is 0.251 e. The molecular weight excluding hydrogens is 444 g/mol. The lowest BCUT2D eigenvalue weighted by molar-refractivity contribution is 0.0952. The fraction of sp³-hybridized carbons (Fsp3) is 0.125. The van der Waals surface area contributed by atoms with E-state index in [1.807, 2.05) is 0 Å². The van der Waals surface area contributed by atoms with Gasteiger partial charge in [0.05, 0.1) is 5.69 Å². The van der Waals surface area contributed by atoms with Crippen molar-refractivity contribution in [1.29, 1.82) is 0 Å². The van der Waals surface area contributed by atoms with Crippen molar-refractivity contribution in [3.8, 4) is 34.0 Å². The van der Waals surface area contributed by atoms with Crippen LogP contribution in [0, 0.1) is 6.92 Å². The summed E-state index contributed by atoms with van der Waals surface area (Å²) < 4.78 is 1.69. The van der Waals surface area contributed by atoms with Crippen molar-refractivity contribution in [3.63, 3.8) is 0 Å². The third kappa shape index (κ3) is 4.61. The van der Waals surface area contributed by atoms with Gasteiger partial charge in [0.25, 0.3) is 5.91 Å². The highest BCUT2D eigenvalue weighted by molar-refractivity contribution is 6.30. The Kier molecular flexibility index (Phi) is 6.19. The second kappa shape index (κ2) is 9.22. The summed E-state index contributed by atoms with van der Waals surface area (Å²) in [6, 6.07) is 15.0. The maximum Gasteiger partial charge on any atom is 0.251 e. The second-order valence-electron chi connectivity index (χ2n) is 7.44. The van der Waals surface area contributed by atoms with Crippen molar-refractivity contribution in [2.75, 3.05) is 6.54 Å². The van der Waals surface area contributed by atoms with E-state index >= 15 is 0 Å². The van der Waals surface area contributed by atoms with Gasteiger partial charge in [-0.15, -0.1) is 0 Å². The van der Waals surface area contributed by atoms with E-state index < -0.39 is 5.43 Å². The molecule has 2 heterocycles. The van der Waals surface area contributed by atoms with Crippen molar-refractivity contribution < 1.29 is 15.0 Å². The zero-order valence-electron chi connectivity index (χ0n) is 17.7. The van der Waals surface area contributed by atoms with Crippen molar-refractivity contribution in [2.45, 2.75) is 13.5 Å². The van der Waals surface area contributed by atoms with Crippen LogP contribution in [-0.2, 0) is 6.54 Å². The molecule has 168 valence electrons. The van der Waals surface area contributed by atoms with Crippen LogP contribution < -0.4 is 10.7 Å². The Labute approximate surface area is 194 Å². The monoisotopic (exact) mass is 464 g/mol. The number of hydrogen-bond acceptors (Lipinski definition) is 5. The SMILES string of the molecule is Cc1c(O)c(=O)ccn1CCNC(=O)c1ccc(-c2n[nH]c(-c3ccc(Cl)cc3)c2O)cc1. The molecule has 0 atom stereocenters. The van der Waals surface area contributed by atoms with Gasteiger partial charge in [0.15, 0.2) is 11.5 Å². The molecule has 4 rings (SSSR count). The molecule has 0 saturated carbocycles. The highest BCUT2D eigenvalue weighted by atomic mass is 35.5. The second-order valence-corrected chi connectivity index (χ2v) is 7.88. The van der Waals surface area contributed by atoms with Crippen molar-refractivity contribution in [2.24, 2.45) is 0 Å². The first kappa shape index (κ1) is 22.2. The standard InChI is InChI=1S/C24H21ClN4O4/c1-14-22(31)19(30)10-12-29(14)13-11-26-24(33)17-4-2-15(3-5-17)20-23(32)21(28-27-20)16-6-8-18(25)9-7-16/h2-10,12,31-32H,11,13H2,1H3,(H,26,33)(H,27,28). The molecule has 2 aromatic carbocycles. The van der Waals surface area contributed by atoms with Crippen LogP contribution in [0.4, 0.5) is 0 Å². The maximum atomic E-state index is 12.5. The fourth-order valence-electron chi connectivity index (χ4n) is 3.43. The summed E-state index contributed by atoms with van der Waals surface area (Å²) in [5.41, 5.74) is 2.71. The summed E-state index contributed by atoms with van der Waals surface area (Å²) in [6.07, 6.45) is 1.58. The number of carbonyl (C=O) groups excluding carboxylic acids is 1. The van der Waals surface area contributed by atoms with Crippen LogP contribution in [0.3, 0.4) is 0 Å². The number of benzene rings is 2. The van der Waals surface area contributed by atoms with Gasteiger partial charge < -0.3 is 20.1 Å². The number of pyridine rings is 1. The number of carbonyl (C=O) groups is 1. The number of aromatic hydroxyl groups is 2. The van der Waals surface area contributed by atoms with E-state index in [0.717, 1.165) is 5.56 Å². The average molecular weight is 465 g/mol. The van der Waals surface area contributed by atoms with Crippen molar-refractivity contribution >= 4 is 17.5 Å². The molecule has 0 aliphatic heterocycles. The molecule has 0 spiro atoms. The number of halogens is 1. The number of amides is 1. The van der Waals surface area contributed by atoms with E-state index in [9.17, 15) is 19.8 Å². The van der Waals surface area contributed by atoms with Crippen LogP contribution in [0.25, 0.3) is 22.5 Å². The zero-order chi connectivity index (χ0) is 23.5. The molecule has 9 heteroatoms. The quantitative estimate of drug-likeness (QED) is 0.346. The van der Waals surface area contributed by atoms with Gasteiger partial charge in [0.1, 0.15) is 11.4 Å². The fourth-order valence-corrected chi connectivity index (χ4v) is 3.56. The Balaban J connectivity index is 1.42. The van der Waals surface area contributed by atoms with E-state index in [2.05, 4.69) is 15.5 Å². The molecule has 0 unspecified atom stereocenters. The molecular formula is C24H21ClN4O4. The van der Waals surface area contributed by atoms with Crippen molar-refractivity contribution in [1.82, 2.24) is 20.1 Å². The van der Waals surface area contributed by atoms with Crippen LogP contribution in [-0.4, -0.2) is 37.4 Å². The number of H-pyrrole nitrogens is 1. The molecule has 4 aromatic rings. The molecule has 0 aliphatic rings. The predicted molar refractivity (Wildman–Crippen MR) is 126 cm³/mol. The first-order chi connectivity index (χ1) is 15.8. The minimum absolute atomic E-state index is 0.00858. The van der Waals surface area contributed by atoms with Crippen LogP contribution in [0.1, 0.15) is 16.1 Å². The van der Waals surface area contributed by atoms with Gasteiger partial charge >= 0.3 is 0 Å². The van der Waals surface area contributed by atoms with Gasteiger partial charge in [0, 0.05) is 47.1 Å². The Morgan fingerprint density at radius 1 is 1.03 bits per heavy atom. The predicted octanol–water partition coefficient (Wildman–Crippen LogP) is 3.71. The van der Waals surface area contributed by atoms with Crippen molar-refractivity contribution in [3.05, 3.63) is 87.3 Å². The van der Waals surface area contributed by atoms with E-state index in [0.29, 0.717) is 46.3 Å². The molecule has 0 saturated heterocycles. The molecule has 4 N–H and O–H groups in total. The Morgan fingerprint density at radius 2 is 1.70 bits per heavy atom. The number of aromatic amines is 1. The normalized spacial score (nSPS) is 10.8. The van der Waals surface area contributed by atoms with Crippen LogP contribution >= 0.6 is 11.6 Å². The van der Waals surface area contributed by atoms with Gasteiger partial charge in [-0.05, 0) is 31.2 Å². The lowest BCUT2D eigenvalue weighted by atomic mass is 10.1. The number of rotatable bonds is 6. The highest BCUT2D eigenvalue weighted by Gasteiger charge is 2.16. The maximum absolute atomic E-state index is 12.5. The Hall–Kier alpha value is -4.04. The minimum atomic E-state index is -0.434. The van der Waals surface area contributed by atoms with Gasteiger partial charge in [-0.25, -0.2) is 0 Å². The molecule has 0 aliphatic carbocycles. The largest absolute Gasteiger partial charge is 0.504 e. The molecule has 0 radical (unpaired) electrons. The van der Waals surface area contributed by atoms with E-state index in [1.165, 1.54) is 6.07 Å². The first-order valence-electron chi connectivity index (χ1n) is 10.2. The number of hydrogen-bond donors (Lipinski definition) is 4. The zero-order valence-corrected chi connectivity index (χ0v) is 18.4. The van der Waals surface area contributed by atoms with Gasteiger partial charge in [-0.2, -0.15) is 5.10 Å². The molecule has 33 heavy (non-hydrogen) atoms. The Morgan fingerprint density at radius 3 is 2.39 bits per heavy atom. The van der Waals surface area contributed by atoms with Gasteiger partial charge in [-0.1, -0.05) is 35.9 Å². The topological polar surface area (TPSA) is 120 Å². The van der Waals surface area contributed by atoms with Gasteiger partial charge in [0.2, 0.25) is 5.43 Å². The third-order valence-corrected chi connectivity index (χ3v) is 5.60. The average Bonchev–Trinajstić information content (AvgIpc) is 3.20. The third-order valence-electron chi connectivity index (χ3n) is 5.35. The van der Waals surface area contributed by atoms with E-state index in [4.69, 9.17) is 11.6 Å². The summed E-state index contributed by atoms with van der Waals surface area (Å²) in [5.74, 6) is -0.549. The molecule has 8 nitrogen and oxygen atoms in total. The summed E-state index contributed by atoms with van der Waals surface area (Å²) in [6.45, 7) is 2.35. The summed E-state index contributed by atoms with van der Waals surface area (Å²) in [4.78, 5) is 23.9. The highest BCUT2D eigenvalue weighted by Crippen LogP contribution is 2.36. The van der Waals surface area contributed by atoms with Crippen LogP contribution in [0.15, 0.2) is 65.6 Å². The van der Waals surface area contributed by atoms with Crippen LogP contribution in [0.5, 0.6) is 11.5 Å². The summed E-state index contributed by atoms with van der Waals surface area (Å²) >= 11 is 5.92. The molecule has 0 fully saturated rings. The van der Waals surface area contributed by atoms with Crippen LogP contribution in [0.2, 0.25) is 5.02 Å². The van der Waals surface area contributed by atoms with Gasteiger partial charge in [-0.3, -0.25) is 14.7 Å². The first-order valence-corrected chi connectivity index (χ1v) is 10.5. The number of nitrogens with one attached hydrogen (secondary N) is 2. The summed E-state index contributed by atoms with van der Waals surface area (Å²) in [7, 11) is 0. The molecule has 1 amide bonds. The summed E-state index contributed by atoms with van der Waals surface area (Å²) in [5, 5.41) is 30.8. The molecule has 2 aromatic heterocycles. The van der Waals surface area contributed by atoms with E-state index in [1.54, 1.807) is 66.2 Å². The minimum Gasteiger partial charge on any atom is -0.504 e. The Bertz CT molecular complexity index is 1360. The lowest BCUT2D eigenvalue weighted by Crippen LogP contribution is -2.28. The number of aromatic nitrogens is 3. The lowest BCUT2D eigenvalue weighted by Gasteiger charge is -2.12. The van der Waals surface area contributed by atoms with E-state index in [-0.39, 0.29) is 17.4 Å².